The maximum Gasteiger partial charge on any atom is 0.319 e. The fourth-order valence-corrected chi connectivity index (χ4v) is 1.90. The van der Waals surface area contributed by atoms with Crippen molar-refractivity contribution in [1.82, 2.24) is 9.80 Å². The smallest absolute Gasteiger partial charge is 0.319 e. The van der Waals surface area contributed by atoms with Gasteiger partial charge in [-0.25, -0.2) is 4.79 Å². The van der Waals surface area contributed by atoms with Crippen molar-refractivity contribution >= 4 is 6.03 Å². The summed E-state index contributed by atoms with van der Waals surface area (Å²) < 4.78 is 0. The molecule has 0 bridgehead atoms. The number of hydrogen-bond donors (Lipinski definition) is 1. The molecule has 1 saturated heterocycles. The third-order valence-electron chi connectivity index (χ3n) is 2.85. The van der Waals surface area contributed by atoms with Gasteiger partial charge >= 0.3 is 6.03 Å². The van der Waals surface area contributed by atoms with Crippen LogP contribution in [0, 0.1) is 5.92 Å². The Morgan fingerprint density at radius 2 is 2.21 bits per heavy atom. The van der Waals surface area contributed by atoms with E-state index in [2.05, 4.69) is 0 Å². The number of carbonyl (C=O) groups is 1. The van der Waals surface area contributed by atoms with Gasteiger partial charge in [-0.05, 0) is 25.7 Å². The molecule has 14 heavy (non-hydrogen) atoms. The van der Waals surface area contributed by atoms with Crippen molar-refractivity contribution in [3.63, 3.8) is 0 Å². The topological polar surface area (TPSA) is 49.6 Å². The Kier molecular flexibility index (Phi) is 3.75. The van der Waals surface area contributed by atoms with Gasteiger partial charge in [-0.3, -0.25) is 0 Å². The van der Waals surface area contributed by atoms with Gasteiger partial charge in [-0.15, -0.1) is 0 Å². The minimum absolute atomic E-state index is 0.107. The molecule has 1 aliphatic rings. The van der Waals surface area contributed by atoms with Crippen molar-refractivity contribution in [2.24, 2.45) is 11.7 Å². The Morgan fingerprint density at radius 3 is 2.71 bits per heavy atom. The van der Waals surface area contributed by atoms with Crippen LogP contribution in [0.15, 0.2) is 0 Å². The summed E-state index contributed by atoms with van der Waals surface area (Å²) in [6.45, 7) is 3.71. The molecular formula is C10H21N3O. The standard InChI is InChI=1S/C10H21N3O/c1-8(11)9-5-4-6-13(7-9)10(14)12(2)3/h8-9H,4-7,11H2,1-3H3. The third kappa shape index (κ3) is 2.61. The number of hydrogen-bond acceptors (Lipinski definition) is 2. The summed E-state index contributed by atoms with van der Waals surface area (Å²) in [4.78, 5) is 15.2. The van der Waals surface area contributed by atoms with Crippen LogP contribution in [-0.2, 0) is 0 Å². The SMILES string of the molecule is CC(N)C1CCCN(C(=O)N(C)C)C1. The van der Waals surface area contributed by atoms with E-state index in [1.807, 2.05) is 11.8 Å². The van der Waals surface area contributed by atoms with E-state index in [9.17, 15) is 4.79 Å². The average Bonchev–Trinajstić information content (AvgIpc) is 2.16. The lowest BCUT2D eigenvalue weighted by Gasteiger charge is -2.35. The van der Waals surface area contributed by atoms with Crippen molar-refractivity contribution in [3.05, 3.63) is 0 Å². The average molecular weight is 199 g/mol. The molecule has 4 nitrogen and oxygen atoms in total. The molecule has 1 heterocycles. The molecule has 82 valence electrons. The molecule has 0 aliphatic carbocycles. The first-order valence-electron chi connectivity index (χ1n) is 5.24. The lowest BCUT2D eigenvalue weighted by Crippen LogP contribution is -2.48. The van der Waals surface area contributed by atoms with Gasteiger partial charge in [-0.1, -0.05) is 0 Å². The monoisotopic (exact) mass is 199 g/mol. The number of nitrogens with two attached hydrogens (primary N) is 1. The van der Waals surface area contributed by atoms with Crippen LogP contribution >= 0.6 is 0 Å². The maximum absolute atomic E-state index is 11.7. The Morgan fingerprint density at radius 1 is 1.57 bits per heavy atom. The molecule has 0 aromatic heterocycles. The molecule has 0 aromatic rings. The number of rotatable bonds is 1. The second-order valence-electron chi connectivity index (χ2n) is 4.38. The summed E-state index contributed by atoms with van der Waals surface area (Å²) in [5.41, 5.74) is 5.85. The van der Waals surface area contributed by atoms with E-state index in [-0.39, 0.29) is 12.1 Å². The number of piperidine rings is 1. The Balaban J connectivity index is 2.51. The van der Waals surface area contributed by atoms with E-state index < -0.39 is 0 Å². The molecule has 0 radical (unpaired) electrons. The lowest BCUT2D eigenvalue weighted by atomic mass is 9.92. The molecule has 1 fully saturated rings. The molecule has 0 spiro atoms. The molecule has 2 atom stereocenters. The first-order valence-corrected chi connectivity index (χ1v) is 5.24. The largest absolute Gasteiger partial charge is 0.331 e. The fraction of sp³-hybridized carbons (Fsp3) is 0.900. The summed E-state index contributed by atoms with van der Waals surface area (Å²) in [6, 6.07) is 0.295. The van der Waals surface area contributed by atoms with E-state index in [1.54, 1.807) is 19.0 Å². The molecule has 2 amide bonds. The van der Waals surface area contributed by atoms with Gasteiger partial charge in [0.15, 0.2) is 0 Å². The molecule has 1 aliphatic heterocycles. The van der Waals surface area contributed by atoms with Gasteiger partial charge in [0.1, 0.15) is 0 Å². The van der Waals surface area contributed by atoms with E-state index in [0.717, 1.165) is 25.9 Å². The molecular weight excluding hydrogens is 178 g/mol. The zero-order valence-corrected chi connectivity index (χ0v) is 9.36. The van der Waals surface area contributed by atoms with E-state index in [0.29, 0.717) is 5.92 Å². The van der Waals surface area contributed by atoms with E-state index in [4.69, 9.17) is 5.73 Å². The van der Waals surface area contributed by atoms with Crippen LogP contribution in [0.25, 0.3) is 0 Å². The van der Waals surface area contributed by atoms with Crippen molar-refractivity contribution < 1.29 is 4.79 Å². The second kappa shape index (κ2) is 4.64. The predicted molar refractivity (Wildman–Crippen MR) is 57.0 cm³/mol. The normalized spacial score (nSPS) is 24.6. The van der Waals surface area contributed by atoms with Crippen LogP contribution < -0.4 is 5.73 Å². The molecule has 2 unspecified atom stereocenters. The highest BCUT2D eigenvalue weighted by atomic mass is 16.2. The summed E-state index contributed by atoms with van der Waals surface area (Å²) in [5, 5.41) is 0. The molecule has 0 saturated carbocycles. The van der Waals surface area contributed by atoms with Crippen LogP contribution in [0.4, 0.5) is 4.79 Å². The maximum atomic E-state index is 11.7. The number of nitrogens with zero attached hydrogens (tertiary/aromatic N) is 2. The van der Waals surface area contributed by atoms with Crippen molar-refractivity contribution in [1.29, 1.82) is 0 Å². The Bertz CT molecular complexity index is 204. The van der Waals surface area contributed by atoms with Crippen molar-refractivity contribution in [2.75, 3.05) is 27.2 Å². The van der Waals surface area contributed by atoms with Crippen LogP contribution in [0.1, 0.15) is 19.8 Å². The highest BCUT2D eigenvalue weighted by molar-refractivity contribution is 5.73. The van der Waals surface area contributed by atoms with Gasteiger partial charge < -0.3 is 15.5 Å². The number of carbonyl (C=O) groups excluding carboxylic acids is 1. The number of amides is 2. The van der Waals surface area contributed by atoms with Crippen LogP contribution in [0.3, 0.4) is 0 Å². The Hall–Kier alpha value is -0.770. The quantitative estimate of drug-likeness (QED) is 0.676. The minimum atomic E-state index is 0.107. The zero-order chi connectivity index (χ0) is 10.7. The Labute approximate surface area is 86.0 Å². The van der Waals surface area contributed by atoms with Crippen molar-refractivity contribution in [3.8, 4) is 0 Å². The summed E-state index contributed by atoms with van der Waals surface area (Å²) in [7, 11) is 3.58. The minimum Gasteiger partial charge on any atom is -0.331 e. The van der Waals surface area contributed by atoms with Gasteiger partial charge in [-0.2, -0.15) is 0 Å². The predicted octanol–water partition coefficient (Wildman–Crippen LogP) is 0.727. The van der Waals surface area contributed by atoms with Crippen molar-refractivity contribution in [2.45, 2.75) is 25.8 Å². The van der Waals surface area contributed by atoms with E-state index in [1.165, 1.54) is 0 Å². The first-order chi connectivity index (χ1) is 6.52. The van der Waals surface area contributed by atoms with E-state index >= 15 is 0 Å². The lowest BCUT2D eigenvalue weighted by molar-refractivity contribution is 0.137. The zero-order valence-electron chi connectivity index (χ0n) is 9.36. The highest BCUT2D eigenvalue weighted by Gasteiger charge is 2.26. The second-order valence-corrected chi connectivity index (χ2v) is 4.38. The molecule has 1 rings (SSSR count). The highest BCUT2D eigenvalue weighted by Crippen LogP contribution is 2.19. The molecule has 4 heteroatoms. The number of likely N-dealkylation sites (tertiary alicyclic amines) is 1. The van der Waals surface area contributed by atoms with Crippen LogP contribution in [-0.4, -0.2) is 49.1 Å². The van der Waals surface area contributed by atoms with Crippen LogP contribution in [0.2, 0.25) is 0 Å². The summed E-state index contributed by atoms with van der Waals surface area (Å²) >= 11 is 0. The van der Waals surface area contributed by atoms with Crippen LogP contribution in [0.5, 0.6) is 0 Å². The number of urea groups is 1. The molecule has 2 N–H and O–H groups in total. The first kappa shape index (κ1) is 11.3. The third-order valence-corrected chi connectivity index (χ3v) is 2.85. The fourth-order valence-electron chi connectivity index (χ4n) is 1.90. The summed E-state index contributed by atoms with van der Waals surface area (Å²) in [5.74, 6) is 0.465. The van der Waals surface area contributed by atoms with Gasteiger partial charge in [0.25, 0.3) is 0 Å². The van der Waals surface area contributed by atoms with Gasteiger partial charge in [0, 0.05) is 33.2 Å². The summed E-state index contributed by atoms with van der Waals surface area (Å²) in [6.07, 6.45) is 2.22. The molecule has 0 aromatic carbocycles. The van der Waals surface area contributed by atoms with Gasteiger partial charge in [0.05, 0.1) is 0 Å². The van der Waals surface area contributed by atoms with Gasteiger partial charge in [0.2, 0.25) is 0 Å².